The number of rotatable bonds is 4. The molecule has 1 amide bonds. The summed E-state index contributed by atoms with van der Waals surface area (Å²) in [7, 11) is 0. The fourth-order valence-electron chi connectivity index (χ4n) is 2.70. The SMILES string of the molecule is CC(NCC1CCN(C(=O)OC(C)(C)C)C1)c1ccc(I)cc1. The zero-order chi connectivity index (χ0) is 17.0. The number of hydrogen-bond acceptors (Lipinski definition) is 3. The maximum Gasteiger partial charge on any atom is 0.410 e. The number of hydrogen-bond donors (Lipinski definition) is 1. The van der Waals surface area contributed by atoms with E-state index in [2.05, 4.69) is 59.1 Å². The van der Waals surface area contributed by atoms with E-state index >= 15 is 0 Å². The van der Waals surface area contributed by atoms with Gasteiger partial charge >= 0.3 is 6.09 Å². The van der Waals surface area contributed by atoms with Crippen molar-refractivity contribution in [3.8, 4) is 0 Å². The Morgan fingerprint density at radius 3 is 2.65 bits per heavy atom. The van der Waals surface area contributed by atoms with Crippen LogP contribution >= 0.6 is 22.6 Å². The summed E-state index contributed by atoms with van der Waals surface area (Å²) in [4.78, 5) is 13.9. The number of carbonyl (C=O) groups excluding carboxylic acids is 1. The molecule has 0 saturated carbocycles. The molecule has 2 rings (SSSR count). The molecule has 2 unspecified atom stereocenters. The van der Waals surface area contributed by atoms with Crippen molar-refractivity contribution in [3.05, 3.63) is 33.4 Å². The van der Waals surface area contributed by atoms with Crippen LogP contribution in [0, 0.1) is 9.49 Å². The lowest BCUT2D eigenvalue weighted by atomic mass is 10.1. The topological polar surface area (TPSA) is 41.6 Å². The number of likely N-dealkylation sites (tertiary alicyclic amines) is 1. The Labute approximate surface area is 153 Å². The number of ether oxygens (including phenoxy) is 1. The summed E-state index contributed by atoms with van der Waals surface area (Å²) in [6.45, 7) is 10.4. The summed E-state index contributed by atoms with van der Waals surface area (Å²) in [5.74, 6) is 0.494. The molecule has 0 aromatic heterocycles. The number of carbonyl (C=O) groups is 1. The Morgan fingerprint density at radius 2 is 2.04 bits per heavy atom. The first-order chi connectivity index (χ1) is 10.7. The van der Waals surface area contributed by atoms with Gasteiger partial charge < -0.3 is 15.0 Å². The molecule has 23 heavy (non-hydrogen) atoms. The van der Waals surface area contributed by atoms with E-state index in [4.69, 9.17) is 4.74 Å². The molecule has 1 heterocycles. The van der Waals surface area contributed by atoms with Crippen molar-refractivity contribution in [1.82, 2.24) is 10.2 Å². The average molecular weight is 430 g/mol. The maximum atomic E-state index is 12.1. The molecule has 5 heteroatoms. The second-order valence-electron chi connectivity index (χ2n) is 7.26. The number of nitrogens with zero attached hydrogens (tertiary/aromatic N) is 1. The molecule has 0 aliphatic carbocycles. The minimum atomic E-state index is -0.424. The molecule has 1 aromatic rings. The minimum absolute atomic E-state index is 0.189. The van der Waals surface area contributed by atoms with Gasteiger partial charge in [-0.15, -0.1) is 0 Å². The molecule has 1 aliphatic heterocycles. The molecule has 1 saturated heterocycles. The summed E-state index contributed by atoms with van der Waals surface area (Å²) < 4.78 is 6.69. The Bertz CT molecular complexity index is 525. The highest BCUT2D eigenvalue weighted by Crippen LogP contribution is 2.20. The molecule has 0 spiro atoms. The van der Waals surface area contributed by atoms with E-state index in [1.165, 1.54) is 9.13 Å². The summed E-state index contributed by atoms with van der Waals surface area (Å²) in [6.07, 6.45) is 0.844. The van der Waals surface area contributed by atoms with Gasteiger partial charge in [-0.05, 0) is 80.3 Å². The van der Waals surface area contributed by atoms with Gasteiger partial charge in [0.25, 0.3) is 0 Å². The lowest BCUT2D eigenvalue weighted by Gasteiger charge is -2.24. The van der Waals surface area contributed by atoms with Gasteiger partial charge in [-0.25, -0.2) is 4.79 Å². The minimum Gasteiger partial charge on any atom is -0.444 e. The van der Waals surface area contributed by atoms with Crippen molar-refractivity contribution in [2.24, 2.45) is 5.92 Å². The molecule has 1 aromatic carbocycles. The number of benzene rings is 1. The molecule has 1 N–H and O–H groups in total. The van der Waals surface area contributed by atoms with Gasteiger partial charge in [0.05, 0.1) is 0 Å². The lowest BCUT2D eigenvalue weighted by molar-refractivity contribution is 0.0288. The largest absolute Gasteiger partial charge is 0.444 e. The zero-order valence-corrected chi connectivity index (χ0v) is 16.6. The Balaban J connectivity index is 1.77. The highest BCUT2D eigenvalue weighted by molar-refractivity contribution is 14.1. The third-order valence-corrected chi connectivity index (χ3v) is 4.74. The van der Waals surface area contributed by atoms with Crippen LogP contribution in [0.25, 0.3) is 0 Å². The Morgan fingerprint density at radius 1 is 1.39 bits per heavy atom. The third-order valence-electron chi connectivity index (χ3n) is 4.02. The molecule has 0 radical (unpaired) electrons. The quantitative estimate of drug-likeness (QED) is 0.729. The standard InChI is InChI=1S/C18H27IN2O2/c1-13(15-5-7-16(19)8-6-15)20-11-14-9-10-21(12-14)17(22)23-18(2,3)4/h5-8,13-14,20H,9-12H2,1-4H3. The summed E-state index contributed by atoms with van der Waals surface area (Å²) >= 11 is 2.32. The van der Waals surface area contributed by atoms with Crippen LogP contribution in [0.15, 0.2) is 24.3 Å². The van der Waals surface area contributed by atoms with E-state index in [-0.39, 0.29) is 6.09 Å². The normalized spacial score (nSPS) is 19.7. The maximum absolute atomic E-state index is 12.1. The van der Waals surface area contributed by atoms with Gasteiger partial charge in [-0.1, -0.05) is 12.1 Å². The van der Waals surface area contributed by atoms with Gasteiger partial charge in [0.15, 0.2) is 0 Å². The van der Waals surface area contributed by atoms with Crippen LogP contribution < -0.4 is 5.32 Å². The smallest absolute Gasteiger partial charge is 0.410 e. The third kappa shape index (κ3) is 5.95. The zero-order valence-electron chi connectivity index (χ0n) is 14.4. The first kappa shape index (κ1) is 18.5. The van der Waals surface area contributed by atoms with E-state index in [0.29, 0.717) is 12.0 Å². The summed E-state index contributed by atoms with van der Waals surface area (Å²) in [6, 6.07) is 8.92. The monoisotopic (exact) mass is 430 g/mol. The Kier molecular flexibility index (Phi) is 6.31. The van der Waals surface area contributed by atoms with Gasteiger partial charge in [0.2, 0.25) is 0 Å². The van der Waals surface area contributed by atoms with Crippen molar-refractivity contribution in [2.75, 3.05) is 19.6 Å². The molecule has 2 atom stereocenters. The van der Waals surface area contributed by atoms with E-state index < -0.39 is 5.60 Å². The van der Waals surface area contributed by atoms with Gasteiger partial charge in [0.1, 0.15) is 5.60 Å². The fraction of sp³-hybridized carbons (Fsp3) is 0.611. The summed E-state index contributed by atoms with van der Waals surface area (Å²) in [5, 5.41) is 3.59. The van der Waals surface area contributed by atoms with Gasteiger partial charge in [0, 0.05) is 29.2 Å². The molecule has 4 nitrogen and oxygen atoms in total. The number of amides is 1. The molecular weight excluding hydrogens is 403 g/mol. The first-order valence-corrected chi connectivity index (χ1v) is 9.29. The van der Waals surface area contributed by atoms with E-state index in [9.17, 15) is 4.79 Å². The Hall–Kier alpha value is -0.820. The van der Waals surface area contributed by atoms with Gasteiger partial charge in [-0.2, -0.15) is 0 Å². The van der Waals surface area contributed by atoms with Crippen molar-refractivity contribution in [3.63, 3.8) is 0 Å². The van der Waals surface area contributed by atoms with Crippen molar-refractivity contribution in [1.29, 1.82) is 0 Å². The lowest BCUT2D eigenvalue weighted by Crippen LogP contribution is -2.36. The predicted molar refractivity (Wildman–Crippen MR) is 101 cm³/mol. The van der Waals surface area contributed by atoms with Crippen LogP contribution in [0.5, 0.6) is 0 Å². The van der Waals surface area contributed by atoms with Crippen molar-refractivity contribution >= 4 is 28.7 Å². The van der Waals surface area contributed by atoms with E-state index in [1.807, 2.05) is 25.7 Å². The van der Waals surface area contributed by atoms with Crippen LogP contribution in [-0.2, 0) is 4.74 Å². The molecule has 128 valence electrons. The fourth-order valence-corrected chi connectivity index (χ4v) is 3.06. The van der Waals surface area contributed by atoms with Crippen molar-refractivity contribution in [2.45, 2.75) is 45.8 Å². The van der Waals surface area contributed by atoms with Crippen LogP contribution in [0.4, 0.5) is 4.79 Å². The predicted octanol–water partition coefficient (Wildman–Crippen LogP) is 4.20. The summed E-state index contributed by atoms with van der Waals surface area (Å²) in [5.41, 5.74) is 0.875. The van der Waals surface area contributed by atoms with E-state index in [0.717, 1.165) is 26.1 Å². The second-order valence-corrected chi connectivity index (χ2v) is 8.51. The average Bonchev–Trinajstić information content (AvgIpc) is 2.93. The molecule has 1 aliphatic rings. The number of nitrogens with one attached hydrogen (secondary N) is 1. The molecule has 0 bridgehead atoms. The molecule has 1 fully saturated rings. The van der Waals surface area contributed by atoms with Crippen LogP contribution in [0.2, 0.25) is 0 Å². The van der Waals surface area contributed by atoms with Crippen LogP contribution in [0.1, 0.15) is 45.7 Å². The molecular formula is C18H27IN2O2. The van der Waals surface area contributed by atoms with Gasteiger partial charge in [-0.3, -0.25) is 0 Å². The van der Waals surface area contributed by atoms with Crippen molar-refractivity contribution < 1.29 is 9.53 Å². The first-order valence-electron chi connectivity index (χ1n) is 8.21. The number of halogens is 1. The highest BCUT2D eigenvalue weighted by atomic mass is 127. The van der Waals surface area contributed by atoms with Crippen LogP contribution in [-0.4, -0.2) is 36.2 Å². The van der Waals surface area contributed by atoms with Crippen LogP contribution in [0.3, 0.4) is 0 Å². The second kappa shape index (κ2) is 7.83. The van der Waals surface area contributed by atoms with E-state index in [1.54, 1.807) is 0 Å². The highest BCUT2D eigenvalue weighted by Gasteiger charge is 2.29.